The van der Waals surface area contributed by atoms with E-state index in [1.54, 1.807) is 0 Å². The summed E-state index contributed by atoms with van der Waals surface area (Å²) < 4.78 is 0. The fourth-order valence-electron chi connectivity index (χ4n) is 3.44. The largest absolute Gasteiger partial charge is 0.354 e. The topological polar surface area (TPSA) is 64.6 Å². The quantitative estimate of drug-likeness (QED) is 0.915. The van der Waals surface area contributed by atoms with Crippen molar-refractivity contribution in [2.45, 2.75) is 26.7 Å². The maximum atomic E-state index is 12.4. The summed E-state index contributed by atoms with van der Waals surface area (Å²) in [6, 6.07) is 1.83. The molecule has 0 radical (unpaired) electrons. The fourth-order valence-corrected chi connectivity index (χ4v) is 3.44. The van der Waals surface area contributed by atoms with Gasteiger partial charge in [0.2, 0.25) is 0 Å². The fraction of sp³-hybridized carbons (Fsp3) is 0.706. The minimum atomic E-state index is -0.0537. The molecule has 2 aliphatic heterocycles. The Bertz CT molecular complexity index is 558. The van der Waals surface area contributed by atoms with Crippen LogP contribution in [-0.4, -0.2) is 71.6 Å². The number of likely N-dealkylation sites (N-methyl/N-ethyl adjacent to an activating group) is 1. The van der Waals surface area contributed by atoms with E-state index < -0.39 is 0 Å². The van der Waals surface area contributed by atoms with Crippen molar-refractivity contribution in [2.75, 3.05) is 56.0 Å². The summed E-state index contributed by atoms with van der Waals surface area (Å²) in [5.74, 6) is 2.05. The van der Waals surface area contributed by atoms with Gasteiger partial charge in [0, 0.05) is 45.3 Å². The molecule has 1 N–H and O–H groups in total. The van der Waals surface area contributed by atoms with Crippen LogP contribution in [0.15, 0.2) is 12.4 Å². The number of likely N-dealkylation sites (tertiary alicyclic amines) is 1. The van der Waals surface area contributed by atoms with Crippen LogP contribution in [0.25, 0.3) is 0 Å². The van der Waals surface area contributed by atoms with E-state index in [0.717, 1.165) is 58.1 Å². The number of nitrogens with zero attached hydrogens (tertiary/aromatic N) is 5. The third-order valence-corrected chi connectivity index (χ3v) is 4.98. The number of carbonyl (C=O) groups is 1. The molecule has 7 nitrogen and oxygen atoms in total. The van der Waals surface area contributed by atoms with Gasteiger partial charge < -0.3 is 14.7 Å². The van der Waals surface area contributed by atoms with E-state index in [1.165, 1.54) is 12.7 Å². The number of amides is 2. The molecule has 0 aliphatic carbocycles. The van der Waals surface area contributed by atoms with E-state index >= 15 is 0 Å². The zero-order valence-electron chi connectivity index (χ0n) is 14.7. The first-order chi connectivity index (χ1) is 11.7. The third kappa shape index (κ3) is 4.14. The van der Waals surface area contributed by atoms with Crippen molar-refractivity contribution in [1.29, 1.82) is 0 Å². The Balaban J connectivity index is 1.60. The maximum absolute atomic E-state index is 12.4. The van der Waals surface area contributed by atoms with Crippen molar-refractivity contribution in [3.63, 3.8) is 0 Å². The van der Waals surface area contributed by atoms with E-state index in [9.17, 15) is 4.79 Å². The molecule has 24 heavy (non-hydrogen) atoms. The van der Waals surface area contributed by atoms with Gasteiger partial charge in [-0.1, -0.05) is 13.8 Å². The number of hydrogen-bond acceptors (Lipinski definition) is 5. The predicted molar refractivity (Wildman–Crippen MR) is 95.3 cm³/mol. The van der Waals surface area contributed by atoms with Gasteiger partial charge in [0.1, 0.15) is 18.0 Å². The number of urea groups is 1. The molecule has 2 fully saturated rings. The second-order valence-corrected chi connectivity index (χ2v) is 6.81. The van der Waals surface area contributed by atoms with Crippen LogP contribution in [0, 0.1) is 5.92 Å². The summed E-state index contributed by atoms with van der Waals surface area (Å²) in [4.78, 5) is 27.6. The summed E-state index contributed by atoms with van der Waals surface area (Å²) in [7, 11) is 0. The average Bonchev–Trinajstić information content (AvgIpc) is 2.62. The molecule has 1 unspecified atom stereocenters. The number of piperazine rings is 1. The number of nitrogens with one attached hydrogen (secondary N) is 1. The van der Waals surface area contributed by atoms with Gasteiger partial charge in [0.25, 0.3) is 0 Å². The molecule has 7 heteroatoms. The lowest BCUT2D eigenvalue weighted by atomic mass is 10.0. The highest BCUT2D eigenvalue weighted by atomic mass is 16.2. The molecule has 0 spiro atoms. The van der Waals surface area contributed by atoms with Crippen LogP contribution in [0.4, 0.5) is 16.4 Å². The highest BCUT2D eigenvalue weighted by molar-refractivity contribution is 5.88. The van der Waals surface area contributed by atoms with Gasteiger partial charge in [0.15, 0.2) is 0 Å². The van der Waals surface area contributed by atoms with Crippen molar-refractivity contribution in [3.05, 3.63) is 12.4 Å². The van der Waals surface area contributed by atoms with Gasteiger partial charge in [-0.15, -0.1) is 0 Å². The lowest BCUT2D eigenvalue weighted by Gasteiger charge is -2.34. The number of anilines is 2. The molecule has 3 heterocycles. The van der Waals surface area contributed by atoms with Gasteiger partial charge in [0.05, 0.1) is 0 Å². The summed E-state index contributed by atoms with van der Waals surface area (Å²) in [5.41, 5.74) is 0. The molecule has 0 aromatic carbocycles. The lowest BCUT2D eigenvalue weighted by molar-refractivity contribution is 0.182. The molecular weight excluding hydrogens is 304 g/mol. The second-order valence-electron chi connectivity index (χ2n) is 6.81. The Morgan fingerprint density at radius 1 is 1.25 bits per heavy atom. The first-order valence-electron chi connectivity index (χ1n) is 9.01. The molecular formula is C17H28N6O. The first-order valence-corrected chi connectivity index (χ1v) is 9.01. The second kappa shape index (κ2) is 7.79. The Morgan fingerprint density at radius 3 is 2.75 bits per heavy atom. The molecule has 0 saturated carbocycles. The van der Waals surface area contributed by atoms with Crippen LogP contribution in [0.1, 0.15) is 26.7 Å². The van der Waals surface area contributed by atoms with E-state index in [1.807, 2.05) is 11.0 Å². The SMILES string of the molecule is CCN1CCN(c2cc(NC(=O)N3CCCC(C)C3)ncn2)CC1. The average molecular weight is 332 g/mol. The van der Waals surface area contributed by atoms with Gasteiger partial charge in [-0.05, 0) is 25.3 Å². The summed E-state index contributed by atoms with van der Waals surface area (Å²) in [6.45, 7) is 11.1. The van der Waals surface area contributed by atoms with E-state index in [2.05, 4.69) is 38.9 Å². The van der Waals surface area contributed by atoms with Crippen molar-refractivity contribution in [2.24, 2.45) is 5.92 Å². The van der Waals surface area contributed by atoms with E-state index in [0.29, 0.717) is 11.7 Å². The molecule has 3 rings (SSSR count). The predicted octanol–water partition coefficient (Wildman–Crippen LogP) is 1.88. The molecule has 2 amide bonds. The zero-order chi connectivity index (χ0) is 16.9. The van der Waals surface area contributed by atoms with Crippen LogP contribution in [0.3, 0.4) is 0 Å². The van der Waals surface area contributed by atoms with Crippen molar-refractivity contribution in [1.82, 2.24) is 19.8 Å². The molecule has 1 atom stereocenters. The Labute approximate surface area is 144 Å². The summed E-state index contributed by atoms with van der Waals surface area (Å²) >= 11 is 0. The Kier molecular flexibility index (Phi) is 5.50. The highest BCUT2D eigenvalue weighted by Gasteiger charge is 2.22. The minimum Gasteiger partial charge on any atom is -0.354 e. The molecule has 1 aromatic heterocycles. The minimum absolute atomic E-state index is 0.0537. The smallest absolute Gasteiger partial charge is 0.323 e. The molecule has 2 aliphatic rings. The van der Waals surface area contributed by atoms with Gasteiger partial charge in [-0.2, -0.15) is 0 Å². The van der Waals surface area contributed by atoms with E-state index in [4.69, 9.17) is 0 Å². The van der Waals surface area contributed by atoms with Gasteiger partial charge in [-0.25, -0.2) is 14.8 Å². The van der Waals surface area contributed by atoms with Crippen LogP contribution in [0.5, 0.6) is 0 Å². The number of carbonyl (C=O) groups excluding carboxylic acids is 1. The molecule has 132 valence electrons. The third-order valence-electron chi connectivity index (χ3n) is 4.98. The van der Waals surface area contributed by atoms with Crippen LogP contribution < -0.4 is 10.2 Å². The number of aromatic nitrogens is 2. The van der Waals surface area contributed by atoms with Crippen molar-refractivity contribution < 1.29 is 4.79 Å². The standard InChI is InChI=1S/C17H28N6O/c1-3-21-7-9-22(10-8-21)16-11-15(18-13-19-16)20-17(24)23-6-4-5-14(2)12-23/h11,13-14H,3-10,12H2,1-2H3,(H,18,19,20,24). The van der Waals surface area contributed by atoms with Gasteiger partial charge >= 0.3 is 6.03 Å². The number of rotatable bonds is 3. The number of hydrogen-bond donors (Lipinski definition) is 1. The molecule has 2 saturated heterocycles. The van der Waals surface area contributed by atoms with Crippen molar-refractivity contribution in [3.8, 4) is 0 Å². The van der Waals surface area contributed by atoms with Crippen LogP contribution >= 0.6 is 0 Å². The Morgan fingerprint density at radius 2 is 2.04 bits per heavy atom. The lowest BCUT2D eigenvalue weighted by Crippen LogP contribution is -2.46. The molecule has 0 bridgehead atoms. The maximum Gasteiger partial charge on any atom is 0.323 e. The Hall–Kier alpha value is -1.89. The normalized spacial score (nSPS) is 22.5. The summed E-state index contributed by atoms with van der Waals surface area (Å²) in [6.07, 6.45) is 3.81. The highest BCUT2D eigenvalue weighted by Crippen LogP contribution is 2.19. The first kappa shape index (κ1) is 17.0. The van der Waals surface area contributed by atoms with E-state index in [-0.39, 0.29) is 6.03 Å². The summed E-state index contributed by atoms with van der Waals surface area (Å²) in [5, 5.41) is 2.93. The van der Waals surface area contributed by atoms with Crippen molar-refractivity contribution >= 4 is 17.7 Å². The number of piperidine rings is 1. The monoisotopic (exact) mass is 332 g/mol. The van der Waals surface area contributed by atoms with Gasteiger partial charge in [-0.3, -0.25) is 5.32 Å². The van der Waals surface area contributed by atoms with Crippen LogP contribution in [0.2, 0.25) is 0 Å². The molecule has 1 aromatic rings. The zero-order valence-corrected chi connectivity index (χ0v) is 14.7. The van der Waals surface area contributed by atoms with Crippen LogP contribution in [-0.2, 0) is 0 Å².